The van der Waals surface area contributed by atoms with Crippen LogP contribution in [-0.2, 0) is 6.54 Å². The van der Waals surface area contributed by atoms with E-state index < -0.39 is 0 Å². The van der Waals surface area contributed by atoms with Gasteiger partial charge < -0.3 is 16.0 Å². The van der Waals surface area contributed by atoms with Gasteiger partial charge in [-0.1, -0.05) is 24.3 Å². The number of nitrogens with one attached hydrogen (secondary N) is 1. The zero-order valence-electron chi connectivity index (χ0n) is 17.0. The first kappa shape index (κ1) is 18.6. The minimum atomic E-state index is -0.111. The van der Waals surface area contributed by atoms with Crippen molar-refractivity contribution in [3.8, 4) is 11.1 Å². The number of hydrogen-bond acceptors (Lipinski definition) is 5. The fourth-order valence-electron chi connectivity index (χ4n) is 4.29. The van der Waals surface area contributed by atoms with Crippen molar-refractivity contribution in [3.63, 3.8) is 0 Å². The smallest absolute Gasteiger partial charge is 0.251 e. The molecule has 2 unspecified atom stereocenters. The van der Waals surface area contributed by atoms with Crippen molar-refractivity contribution >= 4 is 17.4 Å². The van der Waals surface area contributed by atoms with Crippen LogP contribution in [0.1, 0.15) is 34.7 Å². The molecule has 152 valence electrons. The van der Waals surface area contributed by atoms with E-state index in [0.29, 0.717) is 18.2 Å². The van der Waals surface area contributed by atoms with Gasteiger partial charge in [-0.25, -0.2) is 9.97 Å². The van der Waals surface area contributed by atoms with Crippen molar-refractivity contribution in [2.24, 2.45) is 5.92 Å². The molecule has 0 radical (unpaired) electrons. The van der Waals surface area contributed by atoms with Gasteiger partial charge in [0.2, 0.25) is 0 Å². The molecule has 2 aliphatic rings. The predicted octanol–water partition coefficient (Wildman–Crippen LogP) is 3.56. The fourth-order valence-corrected chi connectivity index (χ4v) is 4.29. The Bertz CT molecular complexity index is 1080. The number of nitrogens with zero attached hydrogens (tertiary/aromatic N) is 3. The summed E-state index contributed by atoms with van der Waals surface area (Å²) in [5.41, 5.74) is 10.1. The third-order valence-corrected chi connectivity index (χ3v) is 6.02. The highest BCUT2D eigenvalue weighted by atomic mass is 16.1. The number of benzene rings is 2. The van der Waals surface area contributed by atoms with E-state index in [4.69, 9.17) is 5.73 Å². The average molecular weight is 399 g/mol. The normalized spacial score (nSPS) is 19.4. The Morgan fingerprint density at radius 3 is 2.43 bits per heavy atom. The lowest BCUT2D eigenvalue weighted by atomic mass is 10.0. The molecule has 5 rings (SSSR count). The molecule has 1 amide bonds. The fraction of sp³-hybridized carbons (Fsp3) is 0.292. The lowest BCUT2D eigenvalue weighted by Crippen LogP contribution is -2.26. The second-order valence-electron chi connectivity index (χ2n) is 8.19. The number of aryl methyl sites for hydroxylation is 1. The number of aromatic nitrogens is 2. The van der Waals surface area contributed by atoms with Crippen molar-refractivity contribution in [2.45, 2.75) is 32.4 Å². The monoisotopic (exact) mass is 399 g/mol. The number of nitrogen functional groups attached to an aromatic ring is 1. The molecule has 6 heteroatoms. The maximum Gasteiger partial charge on any atom is 0.251 e. The molecule has 0 spiro atoms. The second-order valence-corrected chi connectivity index (χ2v) is 8.19. The molecule has 2 atom stereocenters. The quantitative estimate of drug-likeness (QED) is 0.641. The Balaban J connectivity index is 1.25. The highest BCUT2D eigenvalue weighted by Gasteiger charge is 2.47. The zero-order chi connectivity index (χ0) is 20.7. The summed E-state index contributed by atoms with van der Waals surface area (Å²) in [7, 11) is 0. The molecule has 1 aliphatic heterocycles. The molecule has 1 aliphatic carbocycles. The summed E-state index contributed by atoms with van der Waals surface area (Å²) in [4.78, 5) is 24.1. The van der Waals surface area contributed by atoms with Gasteiger partial charge in [-0.3, -0.25) is 4.79 Å². The van der Waals surface area contributed by atoms with Crippen LogP contribution < -0.4 is 16.0 Å². The third kappa shape index (κ3) is 3.73. The number of amides is 1. The van der Waals surface area contributed by atoms with Crippen molar-refractivity contribution < 1.29 is 4.79 Å². The van der Waals surface area contributed by atoms with Crippen LogP contribution in [0, 0.1) is 12.8 Å². The van der Waals surface area contributed by atoms with Gasteiger partial charge in [0, 0.05) is 29.9 Å². The zero-order valence-corrected chi connectivity index (χ0v) is 17.0. The number of anilines is 2. The summed E-state index contributed by atoms with van der Waals surface area (Å²) in [6, 6.07) is 18.0. The van der Waals surface area contributed by atoms with Gasteiger partial charge >= 0.3 is 0 Å². The number of rotatable bonds is 5. The Morgan fingerprint density at radius 1 is 1.10 bits per heavy atom. The summed E-state index contributed by atoms with van der Waals surface area (Å²) < 4.78 is 0. The van der Waals surface area contributed by atoms with Crippen molar-refractivity contribution in [2.75, 3.05) is 17.2 Å². The van der Waals surface area contributed by atoms with Gasteiger partial charge in [-0.05, 0) is 61.1 Å². The first-order valence-corrected chi connectivity index (χ1v) is 10.4. The molecule has 2 aromatic carbocycles. The minimum Gasteiger partial charge on any atom is -0.399 e. The number of nitrogens with two attached hydrogens (primary N) is 1. The molecule has 1 aromatic heterocycles. The van der Waals surface area contributed by atoms with Crippen LogP contribution in [-0.4, -0.2) is 28.5 Å². The van der Waals surface area contributed by atoms with E-state index >= 15 is 0 Å². The molecule has 6 nitrogen and oxygen atoms in total. The SMILES string of the molecule is Cc1nc(CNC(=O)c2ccc(-c3ccc(N)cc3)cc2)cc(N2CCC3CC32)n1. The third-order valence-electron chi connectivity index (χ3n) is 6.02. The summed E-state index contributed by atoms with van der Waals surface area (Å²) in [6.07, 6.45) is 2.54. The van der Waals surface area contributed by atoms with E-state index in [-0.39, 0.29) is 5.91 Å². The molecule has 2 heterocycles. The summed E-state index contributed by atoms with van der Waals surface area (Å²) in [5.74, 6) is 2.47. The van der Waals surface area contributed by atoms with E-state index in [0.717, 1.165) is 46.6 Å². The van der Waals surface area contributed by atoms with Crippen LogP contribution in [0.2, 0.25) is 0 Å². The lowest BCUT2D eigenvalue weighted by molar-refractivity contribution is 0.0950. The minimum absolute atomic E-state index is 0.111. The van der Waals surface area contributed by atoms with E-state index in [1.54, 1.807) is 0 Å². The van der Waals surface area contributed by atoms with Crippen LogP contribution >= 0.6 is 0 Å². The number of carbonyl (C=O) groups excluding carboxylic acids is 1. The molecule has 2 fully saturated rings. The summed E-state index contributed by atoms with van der Waals surface area (Å²) >= 11 is 0. The van der Waals surface area contributed by atoms with E-state index in [1.165, 1.54) is 12.8 Å². The van der Waals surface area contributed by atoms with Gasteiger partial charge in [-0.2, -0.15) is 0 Å². The van der Waals surface area contributed by atoms with Gasteiger partial charge in [0.1, 0.15) is 11.6 Å². The lowest BCUT2D eigenvalue weighted by Gasteiger charge is -2.20. The van der Waals surface area contributed by atoms with Gasteiger partial charge in [0.25, 0.3) is 5.91 Å². The molecule has 1 saturated carbocycles. The summed E-state index contributed by atoms with van der Waals surface area (Å²) in [5, 5.41) is 2.98. The number of piperidine rings is 1. The van der Waals surface area contributed by atoms with Gasteiger partial charge in [0.05, 0.1) is 12.2 Å². The number of fused-ring (bicyclic) bond motifs is 1. The first-order chi connectivity index (χ1) is 14.6. The van der Waals surface area contributed by atoms with Crippen LogP contribution in [0.5, 0.6) is 0 Å². The molecule has 3 N–H and O–H groups in total. The first-order valence-electron chi connectivity index (χ1n) is 10.4. The Kier molecular flexibility index (Phi) is 4.62. The Hall–Kier alpha value is -3.41. The molecule has 30 heavy (non-hydrogen) atoms. The maximum absolute atomic E-state index is 12.6. The number of carbonyl (C=O) groups is 1. The molecule has 0 bridgehead atoms. The highest BCUT2D eigenvalue weighted by Crippen LogP contribution is 2.45. The Morgan fingerprint density at radius 2 is 1.80 bits per heavy atom. The largest absolute Gasteiger partial charge is 0.399 e. The van der Waals surface area contributed by atoms with Crippen molar-refractivity contribution in [3.05, 3.63) is 71.7 Å². The predicted molar refractivity (Wildman–Crippen MR) is 118 cm³/mol. The second kappa shape index (κ2) is 7.44. The van der Waals surface area contributed by atoms with E-state index in [1.807, 2.05) is 61.5 Å². The molecular weight excluding hydrogens is 374 g/mol. The average Bonchev–Trinajstić information content (AvgIpc) is 3.41. The number of hydrogen-bond donors (Lipinski definition) is 2. The van der Waals surface area contributed by atoms with Crippen LogP contribution in [0.25, 0.3) is 11.1 Å². The maximum atomic E-state index is 12.6. The summed E-state index contributed by atoms with van der Waals surface area (Å²) in [6.45, 7) is 3.36. The molecule has 3 aromatic rings. The topological polar surface area (TPSA) is 84.1 Å². The molecular formula is C24H25N5O. The van der Waals surface area contributed by atoms with E-state index in [9.17, 15) is 4.79 Å². The van der Waals surface area contributed by atoms with E-state index in [2.05, 4.69) is 20.2 Å². The highest BCUT2D eigenvalue weighted by molar-refractivity contribution is 5.94. The Labute approximate surface area is 176 Å². The molecule has 1 saturated heterocycles. The van der Waals surface area contributed by atoms with Crippen LogP contribution in [0.3, 0.4) is 0 Å². The van der Waals surface area contributed by atoms with Crippen LogP contribution in [0.4, 0.5) is 11.5 Å². The van der Waals surface area contributed by atoms with Crippen molar-refractivity contribution in [1.82, 2.24) is 15.3 Å². The van der Waals surface area contributed by atoms with Gasteiger partial charge in [-0.15, -0.1) is 0 Å². The van der Waals surface area contributed by atoms with Crippen LogP contribution in [0.15, 0.2) is 54.6 Å². The standard InChI is InChI=1S/C24H25N5O/c1-15-27-21(13-23(28-15)29-11-10-19-12-22(19)29)14-26-24(30)18-4-2-16(3-5-18)17-6-8-20(25)9-7-17/h2-9,13,19,22H,10-12,14,25H2,1H3,(H,26,30). The van der Waals surface area contributed by atoms with Crippen molar-refractivity contribution in [1.29, 1.82) is 0 Å². The van der Waals surface area contributed by atoms with Gasteiger partial charge in [0.15, 0.2) is 0 Å².